The van der Waals surface area contributed by atoms with Crippen molar-refractivity contribution in [3.63, 3.8) is 0 Å². The molecule has 0 aromatic heterocycles. The summed E-state index contributed by atoms with van der Waals surface area (Å²) in [6.07, 6.45) is 1.12. The van der Waals surface area contributed by atoms with E-state index in [9.17, 15) is 22.0 Å². The number of amides is 2. The predicted molar refractivity (Wildman–Crippen MR) is 96.4 cm³/mol. The van der Waals surface area contributed by atoms with E-state index in [0.29, 0.717) is 5.56 Å². The van der Waals surface area contributed by atoms with Crippen molar-refractivity contribution >= 4 is 15.9 Å². The summed E-state index contributed by atoms with van der Waals surface area (Å²) in [4.78, 5) is 12.2. The van der Waals surface area contributed by atoms with E-state index in [0.717, 1.165) is 11.8 Å². The van der Waals surface area contributed by atoms with Gasteiger partial charge < -0.3 is 15.4 Å². The molecule has 27 heavy (non-hydrogen) atoms. The van der Waals surface area contributed by atoms with Crippen LogP contribution in [0.25, 0.3) is 0 Å². The number of carbonyl (C=O) groups excluding carboxylic acids is 1. The third-order valence-electron chi connectivity index (χ3n) is 3.78. The van der Waals surface area contributed by atoms with Gasteiger partial charge in [0.25, 0.3) is 0 Å². The Labute approximate surface area is 156 Å². The number of rotatable bonds is 7. The van der Waals surface area contributed by atoms with Gasteiger partial charge in [-0.1, -0.05) is 30.3 Å². The molecule has 2 amide bonds. The van der Waals surface area contributed by atoms with Gasteiger partial charge in [-0.2, -0.15) is 8.78 Å². The van der Waals surface area contributed by atoms with E-state index >= 15 is 0 Å². The Bertz CT molecular complexity index is 886. The zero-order valence-electron chi connectivity index (χ0n) is 14.8. The third-order valence-corrected chi connectivity index (χ3v) is 4.91. The molecule has 2 aromatic carbocycles. The first-order valence-corrected chi connectivity index (χ1v) is 9.93. The lowest BCUT2D eigenvalue weighted by Gasteiger charge is -2.16. The lowest BCUT2D eigenvalue weighted by atomic mass is 10.1. The molecule has 0 saturated heterocycles. The van der Waals surface area contributed by atoms with E-state index in [-0.39, 0.29) is 23.2 Å². The van der Waals surface area contributed by atoms with Crippen molar-refractivity contribution < 1.29 is 26.7 Å². The zero-order valence-corrected chi connectivity index (χ0v) is 15.6. The Balaban J connectivity index is 1.94. The summed E-state index contributed by atoms with van der Waals surface area (Å²) in [5.41, 5.74) is 1.14. The van der Waals surface area contributed by atoms with E-state index in [1.807, 2.05) is 0 Å². The first kappa shape index (κ1) is 20.6. The second-order valence-corrected chi connectivity index (χ2v) is 7.89. The Morgan fingerprint density at radius 3 is 2.33 bits per heavy atom. The highest BCUT2D eigenvalue weighted by Gasteiger charge is 2.13. The van der Waals surface area contributed by atoms with Crippen LogP contribution < -0.4 is 15.4 Å². The maximum Gasteiger partial charge on any atom is 0.387 e. The van der Waals surface area contributed by atoms with Crippen LogP contribution in [-0.2, 0) is 16.4 Å². The van der Waals surface area contributed by atoms with Crippen LogP contribution in [-0.4, -0.2) is 27.3 Å². The lowest BCUT2D eigenvalue weighted by molar-refractivity contribution is -0.0504. The first-order chi connectivity index (χ1) is 12.7. The van der Waals surface area contributed by atoms with Crippen molar-refractivity contribution in [1.29, 1.82) is 0 Å². The maximum absolute atomic E-state index is 12.4. The number of halogens is 2. The number of sulfone groups is 1. The summed E-state index contributed by atoms with van der Waals surface area (Å²) >= 11 is 0. The molecule has 2 aromatic rings. The van der Waals surface area contributed by atoms with Gasteiger partial charge in [0.05, 0.1) is 10.9 Å². The highest BCUT2D eigenvalue weighted by molar-refractivity contribution is 7.90. The number of carbonyl (C=O) groups is 1. The summed E-state index contributed by atoms with van der Waals surface area (Å²) in [5.74, 6) is -0.00258. The summed E-state index contributed by atoms with van der Waals surface area (Å²) in [6, 6.07) is 11.5. The van der Waals surface area contributed by atoms with Gasteiger partial charge in [0, 0.05) is 18.4 Å². The minimum Gasteiger partial charge on any atom is -0.434 e. The maximum atomic E-state index is 12.4. The molecular weight excluding hydrogens is 378 g/mol. The number of alkyl halides is 2. The Hall–Kier alpha value is -2.68. The van der Waals surface area contributed by atoms with Crippen molar-refractivity contribution in [3.05, 3.63) is 59.7 Å². The number of nitrogens with one attached hydrogen (secondary N) is 2. The SMILES string of the molecule is CC(NC(=O)NCc1ccccc1OC(F)F)c1ccc(S(C)(=O)=O)cc1. The van der Waals surface area contributed by atoms with E-state index in [2.05, 4.69) is 15.4 Å². The molecule has 0 saturated carbocycles. The predicted octanol–water partition coefficient (Wildman–Crippen LogP) is 3.25. The molecule has 1 unspecified atom stereocenters. The fourth-order valence-electron chi connectivity index (χ4n) is 2.37. The van der Waals surface area contributed by atoms with Gasteiger partial charge >= 0.3 is 12.6 Å². The lowest BCUT2D eigenvalue weighted by Crippen LogP contribution is -2.36. The van der Waals surface area contributed by atoms with E-state index in [1.54, 1.807) is 37.3 Å². The topological polar surface area (TPSA) is 84.5 Å². The fraction of sp³-hybridized carbons (Fsp3) is 0.278. The van der Waals surface area contributed by atoms with Gasteiger partial charge in [0.1, 0.15) is 5.75 Å². The Kier molecular flexibility index (Phi) is 6.73. The Morgan fingerprint density at radius 1 is 1.11 bits per heavy atom. The van der Waals surface area contributed by atoms with Crippen LogP contribution in [0.5, 0.6) is 5.75 Å². The van der Waals surface area contributed by atoms with Crippen LogP contribution in [0.3, 0.4) is 0 Å². The second-order valence-electron chi connectivity index (χ2n) is 5.88. The smallest absolute Gasteiger partial charge is 0.387 e. The largest absolute Gasteiger partial charge is 0.434 e. The summed E-state index contributed by atoms with van der Waals surface area (Å²) in [5, 5.41) is 5.27. The molecule has 0 aliphatic carbocycles. The monoisotopic (exact) mass is 398 g/mol. The van der Waals surface area contributed by atoms with Crippen molar-refractivity contribution in [2.24, 2.45) is 0 Å². The minimum atomic E-state index is -3.29. The number of ether oxygens (including phenoxy) is 1. The molecule has 2 N–H and O–H groups in total. The number of hydrogen-bond acceptors (Lipinski definition) is 4. The molecule has 9 heteroatoms. The van der Waals surface area contributed by atoms with Crippen LogP contribution >= 0.6 is 0 Å². The highest BCUT2D eigenvalue weighted by atomic mass is 32.2. The van der Waals surface area contributed by atoms with Gasteiger partial charge in [0.15, 0.2) is 9.84 Å². The number of para-hydroxylation sites is 1. The minimum absolute atomic E-state index is 0.00258. The first-order valence-electron chi connectivity index (χ1n) is 8.04. The molecule has 0 heterocycles. The quantitative estimate of drug-likeness (QED) is 0.750. The summed E-state index contributed by atoms with van der Waals surface area (Å²) < 4.78 is 52.2. The van der Waals surface area contributed by atoms with E-state index < -0.39 is 22.5 Å². The third kappa shape index (κ3) is 6.21. The molecule has 146 valence electrons. The highest BCUT2D eigenvalue weighted by Crippen LogP contribution is 2.20. The van der Waals surface area contributed by atoms with Crippen molar-refractivity contribution in [1.82, 2.24) is 10.6 Å². The van der Waals surface area contributed by atoms with Crippen LogP contribution in [0, 0.1) is 0 Å². The van der Waals surface area contributed by atoms with Gasteiger partial charge in [-0.25, -0.2) is 13.2 Å². The standard InChI is InChI=1S/C18H20F2N2O4S/c1-12(13-7-9-15(10-8-13)27(2,24)25)22-18(23)21-11-14-5-3-4-6-16(14)26-17(19)20/h3-10,12,17H,11H2,1-2H3,(H2,21,22,23). The summed E-state index contributed by atoms with van der Waals surface area (Å²) in [7, 11) is -3.29. The second kappa shape index (κ2) is 8.81. The normalized spacial score (nSPS) is 12.5. The van der Waals surface area contributed by atoms with Crippen LogP contribution in [0.1, 0.15) is 24.1 Å². The molecule has 2 rings (SSSR count). The number of urea groups is 1. The van der Waals surface area contributed by atoms with Crippen molar-refractivity contribution in [2.45, 2.75) is 31.0 Å². The van der Waals surface area contributed by atoms with E-state index in [1.165, 1.54) is 18.2 Å². The molecule has 0 radical (unpaired) electrons. The fourth-order valence-corrected chi connectivity index (χ4v) is 3.00. The van der Waals surface area contributed by atoms with Crippen LogP contribution in [0.15, 0.2) is 53.4 Å². The van der Waals surface area contributed by atoms with Gasteiger partial charge in [-0.3, -0.25) is 0 Å². The number of hydrogen-bond donors (Lipinski definition) is 2. The zero-order chi connectivity index (χ0) is 20.0. The van der Waals surface area contributed by atoms with Crippen LogP contribution in [0.2, 0.25) is 0 Å². The number of benzene rings is 2. The van der Waals surface area contributed by atoms with Gasteiger partial charge in [0.2, 0.25) is 0 Å². The average molecular weight is 398 g/mol. The Morgan fingerprint density at radius 2 is 1.74 bits per heavy atom. The molecular formula is C18H20F2N2O4S. The van der Waals surface area contributed by atoms with Crippen molar-refractivity contribution in [3.8, 4) is 5.75 Å². The molecule has 0 fully saturated rings. The molecule has 1 atom stereocenters. The van der Waals surface area contributed by atoms with Gasteiger partial charge in [-0.15, -0.1) is 0 Å². The van der Waals surface area contributed by atoms with Crippen LogP contribution in [0.4, 0.5) is 13.6 Å². The van der Waals surface area contributed by atoms with Crippen molar-refractivity contribution in [2.75, 3.05) is 6.26 Å². The average Bonchev–Trinajstić information content (AvgIpc) is 2.60. The molecule has 0 spiro atoms. The summed E-state index contributed by atoms with van der Waals surface area (Å²) in [6.45, 7) is -1.20. The van der Waals surface area contributed by atoms with Gasteiger partial charge in [-0.05, 0) is 30.7 Å². The molecule has 0 bridgehead atoms. The van der Waals surface area contributed by atoms with E-state index in [4.69, 9.17) is 0 Å². The molecule has 0 aliphatic heterocycles. The molecule has 6 nitrogen and oxygen atoms in total. The molecule has 0 aliphatic rings.